The minimum atomic E-state index is -0.0780. The average molecular weight is 291 g/mol. The number of nitrogens with one attached hydrogen (secondary N) is 1. The topological polar surface area (TPSA) is 12.0 Å². The Hall–Kier alpha value is -1.19. The summed E-state index contributed by atoms with van der Waals surface area (Å²) in [6.07, 6.45) is 1.91. The standard InChI is InChI=1S/C17H22FNS/c1-4-13-9-10-14(20-13)11-16(19-5-2)15-8-6-7-12(3)17(15)18/h6-10,16,19H,4-5,11H2,1-3H3. The minimum Gasteiger partial charge on any atom is -0.310 e. The normalized spacial score (nSPS) is 12.6. The number of benzene rings is 1. The zero-order chi connectivity index (χ0) is 14.5. The van der Waals surface area contributed by atoms with Crippen LogP contribution in [-0.2, 0) is 12.8 Å². The van der Waals surface area contributed by atoms with Crippen molar-refractivity contribution in [2.75, 3.05) is 6.54 Å². The Morgan fingerprint density at radius 2 is 1.90 bits per heavy atom. The molecule has 2 aromatic rings. The first kappa shape index (κ1) is 15.2. The Morgan fingerprint density at radius 3 is 2.55 bits per heavy atom. The van der Waals surface area contributed by atoms with E-state index in [0.29, 0.717) is 5.56 Å². The fourth-order valence-electron chi connectivity index (χ4n) is 2.40. The lowest BCUT2D eigenvalue weighted by Crippen LogP contribution is -2.23. The van der Waals surface area contributed by atoms with Crippen molar-refractivity contribution in [2.24, 2.45) is 0 Å². The molecule has 1 N–H and O–H groups in total. The molecular weight excluding hydrogens is 269 g/mol. The third kappa shape index (κ3) is 3.47. The van der Waals surface area contributed by atoms with Gasteiger partial charge in [-0.1, -0.05) is 32.0 Å². The van der Waals surface area contributed by atoms with Crippen molar-refractivity contribution in [3.63, 3.8) is 0 Å². The van der Waals surface area contributed by atoms with Gasteiger partial charge in [0.2, 0.25) is 0 Å². The number of likely N-dealkylation sites (N-methyl/N-ethyl adjacent to an activating group) is 1. The van der Waals surface area contributed by atoms with Crippen LogP contribution in [0, 0.1) is 12.7 Å². The van der Waals surface area contributed by atoms with Crippen LogP contribution in [0.25, 0.3) is 0 Å². The van der Waals surface area contributed by atoms with E-state index in [0.717, 1.165) is 24.9 Å². The summed E-state index contributed by atoms with van der Waals surface area (Å²) in [4.78, 5) is 2.70. The number of rotatable bonds is 6. The maximum absolute atomic E-state index is 14.3. The van der Waals surface area contributed by atoms with Crippen LogP contribution in [0.2, 0.25) is 0 Å². The largest absolute Gasteiger partial charge is 0.310 e. The molecule has 0 saturated heterocycles. The maximum atomic E-state index is 14.3. The third-order valence-corrected chi connectivity index (χ3v) is 4.77. The van der Waals surface area contributed by atoms with Crippen molar-refractivity contribution in [1.29, 1.82) is 0 Å². The van der Waals surface area contributed by atoms with Crippen LogP contribution >= 0.6 is 11.3 Å². The van der Waals surface area contributed by atoms with Crippen molar-refractivity contribution >= 4 is 11.3 Å². The zero-order valence-corrected chi connectivity index (χ0v) is 13.2. The van der Waals surface area contributed by atoms with Crippen LogP contribution in [0.5, 0.6) is 0 Å². The Morgan fingerprint density at radius 1 is 1.15 bits per heavy atom. The van der Waals surface area contributed by atoms with Gasteiger partial charge in [-0.15, -0.1) is 11.3 Å². The zero-order valence-electron chi connectivity index (χ0n) is 12.4. The molecule has 1 heterocycles. The molecule has 1 nitrogen and oxygen atoms in total. The smallest absolute Gasteiger partial charge is 0.130 e. The lowest BCUT2D eigenvalue weighted by atomic mass is 10.00. The van der Waals surface area contributed by atoms with Crippen molar-refractivity contribution < 1.29 is 4.39 Å². The Balaban J connectivity index is 2.24. The Bertz CT molecular complexity index is 562. The fourth-order valence-corrected chi connectivity index (χ4v) is 3.40. The predicted octanol–water partition coefficient (Wildman–Crippen LogP) is 4.65. The van der Waals surface area contributed by atoms with Gasteiger partial charge in [0, 0.05) is 27.8 Å². The maximum Gasteiger partial charge on any atom is 0.130 e. The van der Waals surface area contributed by atoms with E-state index in [2.05, 4.69) is 31.3 Å². The van der Waals surface area contributed by atoms with Gasteiger partial charge in [0.1, 0.15) is 5.82 Å². The number of aryl methyl sites for hydroxylation is 2. The minimum absolute atomic E-state index is 0.0447. The molecule has 0 aliphatic heterocycles. The van der Waals surface area contributed by atoms with E-state index < -0.39 is 0 Å². The molecule has 1 unspecified atom stereocenters. The van der Waals surface area contributed by atoms with Crippen molar-refractivity contribution in [3.05, 3.63) is 57.0 Å². The molecule has 1 atom stereocenters. The van der Waals surface area contributed by atoms with E-state index >= 15 is 0 Å². The number of hydrogen-bond donors (Lipinski definition) is 1. The average Bonchev–Trinajstić information content (AvgIpc) is 2.89. The van der Waals surface area contributed by atoms with Crippen molar-refractivity contribution in [2.45, 2.75) is 39.7 Å². The molecule has 0 radical (unpaired) electrons. The van der Waals surface area contributed by atoms with Crippen LogP contribution in [0.3, 0.4) is 0 Å². The molecule has 0 saturated carbocycles. The first-order chi connectivity index (χ1) is 9.65. The highest BCUT2D eigenvalue weighted by molar-refractivity contribution is 7.11. The van der Waals surface area contributed by atoms with Gasteiger partial charge in [0.25, 0.3) is 0 Å². The molecule has 1 aromatic carbocycles. The van der Waals surface area contributed by atoms with Crippen LogP contribution in [0.1, 0.15) is 40.8 Å². The Labute approximate surface area is 124 Å². The first-order valence-corrected chi connectivity index (χ1v) is 8.03. The lowest BCUT2D eigenvalue weighted by Gasteiger charge is -2.19. The van der Waals surface area contributed by atoms with Crippen LogP contribution in [0.4, 0.5) is 4.39 Å². The molecule has 2 rings (SSSR count). The molecule has 108 valence electrons. The molecular formula is C17H22FNS. The van der Waals surface area contributed by atoms with Crippen LogP contribution in [0.15, 0.2) is 30.3 Å². The highest BCUT2D eigenvalue weighted by Crippen LogP contribution is 2.26. The lowest BCUT2D eigenvalue weighted by molar-refractivity contribution is 0.509. The van der Waals surface area contributed by atoms with Crippen molar-refractivity contribution in [3.8, 4) is 0 Å². The van der Waals surface area contributed by atoms with Gasteiger partial charge in [0.05, 0.1) is 0 Å². The number of thiophene rings is 1. The second-order valence-corrected chi connectivity index (χ2v) is 6.27. The summed E-state index contributed by atoms with van der Waals surface area (Å²) in [6.45, 7) is 6.89. The predicted molar refractivity (Wildman–Crippen MR) is 85.0 cm³/mol. The van der Waals surface area contributed by atoms with Gasteiger partial charge in [-0.2, -0.15) is 0 Å². The quantitative estimate of drug-likeness (QED) is 0.817. The first-order valence-electron chi connectivity index (χ1n) is 7.21. The van der Waals surface area contributed by atoms with E-state index in [1.165, 1.54) is 9.75 Å². The third-order valence-electron chi connectivity index (χ3n) is 3.52. The SMILES string of the molecule is CCNC(Cc1ccc(CC)s1)c1cccc(C)c1F. The monoisotopic (exact) mass is 291 g/mol. The highest BCUT2D eigenvalue weighted by Gasteiger charge is 2.17. The Kier molecular flexibility index (Phi) is 5.32. The number of hydrogen-bond acceptors (Lipinski definition) is 2. The van der Waals surface area contributed by atoms with Gasteiger partial charge < -0.3 is 5.32 Å². The summed E-state index contributed by atoms with van der Waals surface area (Å²) in [6, 6.07) is 10.0. The summed E-state index contributed by atoms with van der Waals surface area (Å²) < 4.78 is 14.3. The van der Waals surface area contributed by atoms with E-state index in [4.69, 9.17) is 0 Å². The van der Waals surface area contributed by atoms with E-state index in [1.54, 1.807) is 0 Å². The molecule has 20 heavy (non-hydrogen) atoms. The summed E-state index contributed by atoms with van der Waals surface area (Å²) >= 11 is 1.83. The van der Waals surface area contributed by atoms with Crippen LogP contribution in [-0.4, -0.2) is 6.54 Å². The molecule has 0 spiro atoms. The van der Waals surface area contributed by atoms with Gasteiger partial charge in [-0.3, -0.25) is 0 Å². The second kappa shape index (κ2) is 7.00. The molecule has 0 fully saturated rings. The second-order valence-electron chi connectivity index (χ2n) is 5.01. The van der Waals surface area contributed by atoms with Crippen molar-refractivity contribution in [1.82, 2.24) is 5.32 Å². The molecule has 3 heteroatoms. The van der Waals surface area contributed by atoms with E-state index in [-0.39, 0.29) is 11.9 Å². The van der Waals surface area contributed by atoms with Crippen LogP contribution < -0.4 is 5.32 Å². The fraction of sp³-hybridized carbons (Fsp3) is 0.412. The van der Waals surface area contributed by atoms with E-state index in [1.807, 2.05) is 36.5 Å². The van der Waals surface area contributed by atoms with Gasteiger partial charge in [0.15, 0.2) is 0 Å². The molecule has 0 aliphatic rings. The summed E-state index contributed by atoms with van der Waals surface area (Å²) in [5.74, 6) is -0.0780. The number of halogens is 1. The molecule has 0 bridgehead atoms. The van der Waals surface area contributed by atoms with Gasteiger partial charge in [-0.25, -0.2) is 4.39 Å². The summed E-state index contributed by atoms with van der Waals surface area (Å²) in [7, 11) is 0. The molecule has 1 aromatic heterocycles. The highest BCUT2D eigenvalue weighted by atomic mass is 32.1. The summed E-state index contributed by atoms with van der Waals surface area (Å²) in [5.41, 5.74) is 1.49. The summed E-state index contributed by atoms with van der Waals surface area (Å²) in [5, 5.41) is 3.41. The van der Waals surface area contributed by atoms with Gasteiger partial charge >= 0.3 is 0 Å². The molecule has 0 aliphatic carbocycles. The van der Waals surface area contributed by atoms with Gasteiger partial charge in [-0.05, 0) is 37.6 Å². The van der Waals surface area contributed by atoms with E-state index in [9.17, 15) is 4.39 Å². The molecule has 0 amide bonds.